The van der Waals surface area contributed by atoms with Crippen LogP contribution >= 0.6 is 11.6 Å². The van der Waals surface area contributed by atoms with E-state index in [1.54, 1.807) is 52.0 Å². The van der Waals surface area contributed by atoms with Crippen LogP contribution in [0.4, 0.5) is 0 Å². The molecule has 3 heterocycles. The lowest BCUT2D eigenvalue weighted by atomic mass is 9.78. The number of ether oxygens (including phenoxy) is 5. The smallest absolute Gasteiger partial charge is 0.345 e. The number of benzene rings is 3. The molecule has 9 atom stereocenters. The van der Waals surface area contributed by atoms with Crippen molar-refractivity contribution in [3.8, 4) is 11.5 Å². The molecule has 0 fully saturated rings. The second-order valence-corrected chi connectivity index (χ2v) is 18.6. The Labute approximate surface area is 401 Å². The molecule has 15 heteroatoms. The average Bonchev–Trinajstić information content (AvgIpc) is 3.55. The van der Waals surface area contributed by atoms with Gasteiger partial charge in [0.1, 0.15) is 17.6 Å². The minimum absolute atomic E-state index is 0.00850. The van der Waals surface area contributed by atoms with Crippen LogP contribution in [0.25, 0.3) is 0 Å². The van der Waals surface area contributed by atoms with Gasteiger partial charge in [0.2, 0.25) is 5.78 Å². The number of esters is 2. The molecule has 1 aliphatic carbocycles. The molecule has 3 N–H and O–H groups in total. The number of aliphatic hydroxyl groups excluding tert-OH is 2. The molecule has 3 aromatic carbocycles. The number of Topliss-reactive ketones (excluding diaryl/α,β-unsaturated/α-hetero) is 3. The number of hydrogen-bond acceptors (Lipinski definition) is 13. The minimum atomic E-state index is -2.18. The van der Waals surface area contributed by atoms with Crippen molar-refractivity contribution in [2.24, 2.45) is 23.7 Å². The first-order valence-corrected chi connectivity index (χ1v) is 22.8. The molecule has 0 saturated carbocycles. The minimum Gasteiger partial charge on any atom is -0.462 e. The van der Waals surface area contributed by atoms with Crippen molar-refractivity contribution in [2.75, 3.05) is 7.11 Å². The number of hydrogen-bond donors (Lipinski definition) is 3. The number of fused-ring (bicyclic) bond motifs is 14. The zero-order valence-electron chi connectivity index (χ0n) is 40.0. The number of amides is 1. The number of nitrogens with one attached hydrogen (secondary N) is 1. The van der Waals surface area contributed by atoms with Crippen LogP contribution in [-0.2, 0) is 30.2 Å². The summed E-state index contributed by atoms with van der Waals surface area (Å²) in [5.74, 6) is -10.4. The van der Waals surface area contributed by atoms with E-state index >= 15 is 9.59 Å². The SMILES string of the molecule is CO[C@H]1/C=C/O[C@@]2(C)Oc3c(C)c(OC(=O)c4ccccc4Cl)c4c(c3C2=O)C(=O)C(Cc2cc(C)cc(C)c2)=C(NC(=O)/C(C)=C\C=C\[C@H](C)[C@H](O)[C@@H](C)[C@H](O)[C@H](C)[C@H](OC(C)=O)[C@@H]1C)C4=O. The summed E-state index contributed by atoms with van der Waals surface area (Å²) in [5.41, 5.74) is 0.694. The lowest BCUT2D eigenvalue weighted by Gasteiger charge is -2.38. The predicted molar refractivity (Wildman–Crippen MR) is 253 cm³/mol. The van der Waals surface area contributed by atoms with Crippen LogP contribution < -0.4 is 14.8 Å². The van der Waals surface area contributed by atoms with E-state index in [1.807, 2.05) is 32.0 Å². The highest BCUT2D eigenvalue weighted by Crippen LogP contribution is 2.50. The molecular weight excluding hydrogens is 894 g/mol. The van der Waals surface area contributed by atoms with E-state index in [1.165, 1.54) is 65.4 Å². The molecule has 7 rings (SSSR count). The molecule has 4 aliphatic rings. The maximum atomic E-state index is 15.4. The van der Waals surface area contributed by atoms with Crippen LogP contribution in [0.2, 0.25) is 5.02 Å². The maximum absolute atomic E-state index is 15.4. The summed E-state index contributed by atoms with van der Waals surface area (Å²) in [4.78, 5) is 86.0. The van der Waals surface area contributed by atoms with E-state index < -0.39 is 112 Å². The van der Waals surface area contributed by atoms with Crippen LogP contribution in [0.5, 0.6) is 11.5 Å². The van der Waals surface area contributed by atoms with Crippen LogP contribution in [0.3, 0.4) is 0 Å². The first-order chi connectivity index (χ1) is 32.0. The summed E-state index contributed by atoms with van der Waals surface area (Å²) in [6.45, 7) is 16.1. The van der Waals surface area contributed by atoms with Crippen LogP contribution in [0, 0.1) is 44.4 Å². The standard InChI is InChI=1S/C53H58ClNO13/c1-25-21-26(2)23-34(22-25)24-36-42-46(60)40-39(45(36)59)41-49(32(8)48(40)67-52(63)35-17-12-13-18-37(35)54)68-53(10,50(41)61)65-20-19-38(64-11)29(5)47(66-33(9)56)31(7)44(58)30(6)43(57)27(3)15-14-16-28(4)51(62)55-42/h12-23,27,29-31,38,43-44,47,57-58H,24H2,1-11H3,(H,55,62)/b15-14+,20-19+,28-16-/t27-,29+,30+,31-,38-,43-,44-,47+,53-/m0/s1. The lowest BCUT2D eigenvalue weighted by Crippen LogP contribution is -2.46. The third kappa shape index (κ3) is 10.1. The molecule has 68 heavy (non-hydrogen) atoms. The van der Waals surface area contributed by atoms with Gasteiger partial charge in [0.15, 0.2) is 5.78 Å². The van der Waals surface area contributed by atoms with E-state index in [-0.39, 0.29) is 45.0 Å². The Bertz CT molecular complexity index is 2680. The fraction of sp³-hybridized carbons (Fsp3) is 0.396. The van der Waals surface area contributed by atoms with E-state index in [2.05, 4.69) is 5.32 Å². The first kappa shape index (κ1) is 51.2. The molecule has 0 spiro atoms. The number of allylic oxidation sites excluding steroid dienone is 4. The summed E-state index contributed by atoms with van der Waals surface area (Å²) < 4.78 is 30.0. The molecule has 14 nitrogen and oxygen atoms in total. The summed E-state index contributed by atoms with van der Waals surface area (Å²) in [7, 11) is 1.42. The van der Waals surface area contributed by atoms with Crippen molar-refractivity contribution in [1.29, 1.82) is 0 Å². The largest absolute Gasteiger partial charge is 0.462 e. The molecule has 0 radical (unpaired) electrons. The van der Waals surface area contributed by atoms with Gasteiger partial charge in [0, 0.05) is 67.8 Å². The fourth-order valence-electron chi connectivity index (χ4n) is 9.19. The van der Waals surface area contributed by atoms with Gasteiger partial charge >= 0.3 is 17.7 Å². The van der Waals surface area contributed by atoms with E-state index in [9.17, 15) is 29.4 Å². The van der Waals surface area contributed by atoms with Crippen molar-refractivity contribution >= 4 is 46.8 Å². The van der Waals surface area contributed by atoms with Crippen molar-refractivity contribution in [3.05, 3.63) is 139 Å². The van der Waals surface area contributed by atoms with Crippen molar-refractivity contribution in [1.82, 2.24) is 5.32 Å². The number of aliphatic hydroxyl groups is 2. The molecule has 0 aromatic heterocycles. The molecule has 3 aromatic rings. The highest BCUT2D eigenvalue weighted by Gasteiger charge is 2.53. The predicted octanol–water partition coefficient (Wildman–Crippen LogP) is 8.03. The number of halogens is 1. The van der Waals surface area contributed by atoms with Crippen LogP contribution in [0.1, 0.15) is 112 Å². The van der Waals surface area contributed by atoms with Gasteiger partial charge in [0.05, 0.1) is 57.5 Å². The normalized spacial score (nSPS) is 28.5. The monoisotopic (exact) mass is 951 g/mol. The Balaban J connectivity index is 1.59. The summed E-state index contributed by atoms with van der Waals surface area (Å²) in [6.07, 6.45) is 3.09. The first-order valence-electron chi connectivity index (χ1n) is 22.4. The molecule has 360 valence electrons. The molecule has 0 unspecified atom stereocenters. The highest BCUT2D eigenvalue weighted by molar-refractivity contribution is 6.34. The summed E-state index contributed by atoms with van der Waals surface area (Å²) >= 11 is 6.41. The van der Waals surface area contributed by atoms with E-state index in [0.717, 1.165) is 11.1 Å². The molecule has 3 aliphatic heterocycles. The number of carbonyl (C=O) groups is 6. The second-order valence-electron chi connectivity index (χ2n) is 18.2. The third-order valence-corrected chi connectivity index (χ3v) is 13.3. The van der Waals surface area contributed by atoms with Crippen molar-refractivity contribution in [3.63, 3.8) is 0 Å². The summed E-state index contributed by atoms with van der Waals surface area (Å²) in [6, 6.07) is 11.7. The zero-order chi connectivity index (χ0) is 50.1. The number of carbonyl (C=O) groups excluding carboxylic acids is 6. The Morgan fingerprint density at radius 3 is 2.15 bits per heavy atom. The number of methoxy groups -OCH3 is 1. The fourth-order valence-corrected chi connectivity index (χ4v) is 9.40. The van der Waals surface area contributed by atoms with Crippen LogP contribution in [0.15, 0.2) is 89.9 Å². The van der Waals surface area contributed by atoms with Gasteiger partial charge < -0.3 is 39.2 Å². The van der Waals surface area contributed by atoms with Gasteiger partial charge in [-0.25, -0.2) is 4.79 Å². The van der Waals surface area contributed by atoms with Gasteiger partial charge in [0.25, 0.3) is 11.7 Å². The molecular formula is C53H58ClNO13. The Kier molecular flexibility index (Phi) is 15.5. The number of rotatable bonds is 6. The van der Waals surface area contributed by atoms with E-state index in [0.29, 0.717) is 5.56 Å². The number of aryl methyl sites for hydroxylation is 2. The van der Waals surface area contributed by atoms with Gasteiger partial charge in [-0.3, -0.25) is 24.0 Å². The molecule has 5 bridgehead atoms. The lowest BCUT2D eigenvalue weighted by molar-refractivity contribution is -0.160. The second kappa shape index (κ2) is 20.6. The van der Waals surface area contributed by atoms with E-state index in [4.69, 9.17) is 35.3 Å². The van der Waals surface area contributed by atoms with Crippen molar-refractivity contribution in [2.45, 2.75) is 106 Å². The topological polar surface area (TPSA) is 201 Å². The quantitative estimate of drug-likeness (QED) is 0.159. The summed E-state index contributed by atoms with van der Waals surface area (Å²) in [5, 5.41) is 25.8. The van der Waals surface area contributed by atoms with Crippen LogP contribution in [-0.4, -0.2) is 82.7 Å². The Morgan fingerprint density at radius 2 is 1.51 bits per heavy atom. The highest BCUT2D eigenvalue weighted by atomic mass is 35.5. The Morgan fingerprint density at radius 1 is 0.853 bits per heavy atom. The number of ketones is 3. The van der Waals surface area contributed by atoms with Gasteiger partial charge in [-0.05, 0) is 51.5 Å². The van der Waals surface area contributed by atoms with Gasteiger partial charge in [-0.2, -0.15) is 0 Å². The molecule has 1 amide bonds. The Hall–Kier alpha value is -6.19. The van der Waals surface area contributed by atoms with Gasteiger partial charge in [-0.1, -0.05) is 99.0 Å². The van der Waals surface area contributed by atoms with Crippen molar-refractivity contribution < 1.29 is 62.7 Å². The molecule has 0 saturated heterocycles. The third-order valence-electron chi connectivity index (χ3n) is 13.0. The maximum Gasteiger partial charge on any atom is 0.345 e. The van der Waals surface area contributed by atoms with Gasteiger partial charge in [-0.15, -0.1) is 0 Å². The zero-order valence-corrected chi connectivity index (χ0v) is 40.8. The average molecular weight is 952 g/mol.